The van der Waals surface area contributed by atoms with E-state index >= 15 is 0 Å². The van der Waals surface area contributed by atoms with Gasteiger partial charge in [-0.25, -0.2) is 9.97 Å². The van der Waals surface area contributed by atoms with E-state index in [-0.39, 0.29) is 11.2 Å². The van der Waals surface area contributed by atoms with Crippen molar-refractivity contribution in [2.24, 2.45) is 0 Å². The standard InChI is InChI=1S/C15H18N4OS2/c1-9-7-13(16)18-15(17-9)22-10(2)14(20)19-5-3-12-11(8-19)4-6-21-12/h4,6-7,10H,3,5,8H2,1-2H3,(H2,16,17,18)/t10-/m0/s1. The molecule has 1 aliphatic heterocycles. The second-order valence-electron chi connectivity index (χ2n) is 5.36. The molecule has 1 atom stereocenters. The van der Waals surface area contributed by atoms with Crippen LogP contribution in [0.15, 0.2) is 22.7 Å². The number of fused-ring (bicyclic) bond motifs is 1. The SMILES string of the molecule is Cc1cc(N)nc(S[C@@H](C)C(=O)N2CCc3sccc3C2)n1. The minimum Gasteiger partial charge on any atom is -0.384 e. The summed E-state index contributed by atoms with van der Waals surface area (Å²) >= 11 is 3.14. The number of anilines is 1. The van der Waals surface area contributed by atoms with Crippen LogP contribution in [0.25, 0.3) is 0 Å². The smallest absolute Gasteiger partial charge is 0.236 e. The number of amides is 1. The Balaban J connectivity index is 1.67. The molecule has 22 heavy (non-hydrogen) atoms. The van der Waals surface area contributed by atoms with Crippen molar-refractivity contribution in [2.75, 3.05) is 12.3 Å². The molecule has 0 aliphatic carbocycles. The van der Waals surface area contributed by atoms with Gasteiger partial charge in [-0.3, -0.25) is 4.79 Å². The summed E-state index contributed by atoms with van der Waals surface area (Å²) in [7, 11) is 0. The summed E-state index contributed by atoms with van der Waals surface area (Å²) in [5.41, 5.74) is 7.83. The van der Waals surface area contributed by atoms with Crippen LogP contribution in [0.5, 0.6) is 0 Å². The largest absolute Gasteiger partial charge is 0.384 e. The highest BCUT2D eigenvalue weighted by Crippen LogP contribution is 2.27. The first kappa shape index (κ1) is 15.3. The van der Waals surface area contributed by atoms with Gasteiger partial charge < -0.3 is 10.6 Å². The van der Waals surface area contributed by atoms with E-state index in [1.54, 1.807) is 17.4 Å². The van der Waals surface area contributed by atoms with Crippen molar-refractivity contribution in [2.45, 2.75) is 37.2 Å². The molecule has 3 rings (SSSR count). The van der Waals surface area contributed by atoms with Crippen LogP contribution in [0.2, 0.25) is 0 Å². The average Bonchev–Trinajstić information content (AvgIpc) is 2.92. The molecule has 0 fully saturated rings. The van der Waals surface area contributed by atoms with Crippen LogP contribution >= 0.6 is 23.1 Å². The molecular weight excluding hydrogens is 316 g/mol. The first-order valence-corrected chi connectivity index (χ1v) is 8.90. The molecule has 2 N–H and O–H groups in total. The summed E-state index contributed by atoms with van der Waals surface area (Å²) in [5.74, 6) is 0.570. The molecular formula is C15H18N4OS2. The van der Waals surface area contributed by atoms with Crippen molar-refractivity contribution in [3.63, 3.8) is 0 Å². The number of nitrogens with zero attached hydrogens (tertiary/aromatic N) is 3. The molecule has 1 amide bonds. The first-order chi connectivity index (χ1) is 10.5. The van der Waals surface area contributed by atoms with E-state index < -0.39 is 0 Å². The van der Waals surface area contributed by atoms with E-state index in [2.05, 4.69) is 21.4 Å². The Labute approximate surface area is 138 Å². The number of nitrogen functional groups attached to an aromatic ring is 1. The molecule has 0 aromatic carbocycles. The van der Waals surface area contributed by atoms with Gasteiger partial charge in [-0.15, -0.1) is 11.3 Å². The molecule has 116 valence electrons. The highest BCUT2D eigenvalue weighted by Gasteiger charge is 2.26. The van der Waals surface area contributed by atoms with E-state index in [0.29, 0.717) is 17.5 Å². The van der Waals surface area contributed by atoms with Crippen molar-refractivity contribution in [1.82, 2.24) is 14.9 Å². The quantitative estimate of drug-likeness (QED) is 0.690. The summed E-state index contributed by atoms with van der Waals surface area (Å²) in [6.45, 7) is 5.27. The van der Waals surface area contributed by atoms with E-state index in [1.807, 2.05) is 18.7 Å². The topological polar surface area (TPSA) is 72.1 Å². The Bertz CT molecular complexity index is 680. The van der Waals surface area contributed by atoms with Gasteiger partial charge in [-0.1, -0.05) is 11.8 Å². The van der Waals surface area contributed by atoms with Crippen molar-refractivity contribution >= 4 is 34.8 Å². The Kier molecular flexibility index (Phi) is 4.35. The molecule has 3 heterocycles. The molecule has 0 radical (unpaired) electrons. The fraction of sp³-hybridized carbons (Fsp3) is 0.400. The average molecular weight is 334 g/mol. The zero-order valence-electron chi connectivity index (χ0n) is 12.6. The van der Waals surface area contributed by atoms with Gasteiger partial charge in [0.15, 0.2) is 5.16 Å². The zero-order valence-corrected chi connectivity index (χ0v) is 14.2. The third-order valence-electron chi connectivity index (χ3n) is 3.60. The maximum absolute atomic E-state index is 12.6. The summed E-state index contributed by atoms with van der Waals surface area (Å²) in [6, 6.07) is 3.83. The first-order valence-electron chi connectivity index (χ1n) is 7.15. The molecule has 5 nitrogen and oxygen atoms in total. The van der Waals surface area contributed by atoms with Crippen molar-refractivity contribution in [3.8, 4) is 0 Å². The Morgan fingerprint density at radius 3 is 3.09 bits per heavy atom. The molecule has 7 heteroatoms. The highest BCUT2D eigenvalue weighted by molar-refractivity contribution is 8.00. The molecule has 2 aromatic rings. The fourth-order valence-electron chi connectivity index (χ4n) is 2.52. The van der Waals surface area contributed by atoms with E-state index in [4.69, 9.17) is 5.73 Å². The second-order valence-corrected chi connectivity index (χ2v) is 7.66. The number of hydrogen-bond acceptors (Lipinski definition) is 6. The summed E-state index contributed by atoms with van der Waals surface area (Å²) in [6.07, 6.45) is 0.948. The van der Waals surface area contributed by atoms with Crippen LogP contribution in [-0.2, 0) is 17.8 Å². The van der Waals surface area contributed by atoms with Gasteiger partial charge >= 0.3 is 0 Å². The molecule has 2 aromatic heterocycles. The number of rotatable bonds is 3. The molecule has 0 spiro atoms. The molecule has 0 unspecified atom stereocenters. The molecule has 0 saturated carbocycles. The van der Waals surface area contributed by atoms with Crippen molar-refractivity contribution < 1.29 is 4.79 Å². The normalized spacial score (nSPS) is 15.5. The lowest BCUT2D eigenvalue weighted by Gasteiger charge is -2.29. The van der Waals surface area contributed by atoms with Crippen LogP contribution in [0.3, 0.4) is 0 Å². The predicted octanol–water partition coefficient (Wildman–Crippen LogP) is 2.49. The van der Waals surface area contributed by atoms with Crippen molar-refractivity contribution in [1.29, 1.82) is 0 Å². The number of hydrogen-bond donors (Lipinski definition) is 1. The Hall–Kier alpha value is -1.60. The number of carbonyl (C=O) groups excluding carboxylic acids is 1. The van der Waals surface area contributed by atoms with Gasteiger partial charge in [0, 0.05) is 29.7 Å². The molecule has 1 aliphatic rings. The number of aromatic nitrogens is 2. The van der Waals surface area contributed by atoms with Gasteiger partial charge in [0.05, 0.1) is 5.25 Å². The number of carbonyl (C=O) groups is 1. The number of aryl methyl sites for hydroxylation is 1. The molecule has 0 bridgehead atoms. The highest BCUT2D eigenvalue weighted by atomic mass is 32.2. The Morgan fingerprint density at radius 2 is 2.32 bits per heavy atom. The minimum atomic E-state index is -0.221. The minimum absolute atomic E-state index is 0.130. The number of nitrogens with two attached hydrogens (primary N) is 1. The second kappa shape index (κ2) is 6.26. The van der Waals surface area contributed by atoms with Gasteiger partial charge in [-0.05, 0) is 37.3 Å². The predicted molar refractivity (Wildman–Crippen MR) is 89.9 cm³/mol. The zero-order chi connectivity index (χ0) is 15.7. The van der Waals surface area contributed by atoms with E-state index in [0.717, 1.165) is 18.7 Å². The maximum atomic E-state index is 12.6. The van der Waals surface area contributed by atoms with Crippen LogP contribution < -0.4 is 5.73 Å². The van der Waals surface area contributed by atoms with Gasteiger partial charge in [0.1, 0.15) is 5.82 Å². The summed E-state index contributed by atoms with van der Waals surface area (Å²) < 4.78 is 0. The van der Waals surface area contributed by atoms with Gasteiger partial charge in [-0.2, -0.15) is 0 Å². The fourth-order valence-corrected chi connectivity index (χ4v) is 4.33. The van der Waals surface area contributed by atoms with E-state index in [9.17, 15) is 4.79 Å². The van der Waals surface area contributed by atoms with Gasteiger partial charge in [0.2, 0.25) is 5.91 Å². The lowest BCUT2D eigenvalue weighted by molar-refractivity contribution is -0.131. The Morgan fingerprint density at radius 1 is 1.50 bits per heavy atom. The van der Waals surface area contributed by atoms with Crippen LogP contribution in [0, 0.1) is 6.92 Å². The summed E-state index contributed by atoms with van der Waals surface area (Å²) in [4.78, 5) is 24.5. The van der Waals surface area contributed by atoms with Crippen LogP contribution in [0.4, 0.5) is 5.82 Å². The van der Waals surface area contributed by atoms with Crippen LogP contribution in [-0.4, -0.2) is 32.6 Å². The summed E-state index contributed by atoms with van der Waals surface area (Å²) in [5, 5.41) is 2.44. The molecule has 0 saturated heterocycles. The van der Waals surface area contributed by atoms with E-state index in [1.165, 1.54) is 22.2 Å². The van der Waals surface area contributed by atoms with Gasteiger partial charge in [0.25, 0.3) is 0 Å². The van der Waals surface area contributed by atoms with Crippen molar-refractivity contribution in [3.05, 3.63) is 33.6 Å². The maximum Gasteiger partial charge on any atom is 0.236 e. The number of thioether (sulfide) groups is 1. The third kappa shape index (κ3) is 3.25. The lowest BCUT2D eigenvalue weighted by atomic mass is 10.1. The van der Waals surface area contributed by atoms with Crippen LogP contribution in [0.1, 0.15) is 23.1 Å². The monoisotopic (exact) mass is 334 g/mol. The lowest BCUT2D eigenvalue weighted by Crippen LogP contribution is -2.39. The number of thiophene rings is 1. The third-order valence-corrected chi connectivity index (χ3v) is 5.57.